The maximum atomic E-state index is 12.1. The SMILES string of the molecule is O=[N+]([O-])c1ccccc1S(=O)(=O)Nc1nccnc1Cl. The summed E-state index contributed by atoms with van der Waals surface area (Å²) < 4.78 is 26.3. The maximum absolute atomic E-state index is 12.1. The first-order chi connectivity index (χ1) is 9.42. The van der Waals surface area contributed by atoms with Crippen molar-refractivity contribution >= 4 is 33.1 Å². The van der Waals surface area contributed by atoms with Crippen LogP contribution in [0.4, 0.5) is 11.5 Å². The van der Waals surface area contributed by atoms with Gasteiger partial charge in [0.15, 0.2) is 15.9 Å². The summed E-state index contributed by atoms with van der Waals surface area (Å²) >= 11 is 5.69. The Labute approximate surface area is 118 Å². The average Bonchev–Trinajstić information content (AvgIpc) is 2.41. The predicted octanol–water partition coefficient (Wildman–Crippen LogP) is 1.84. The van der Waals surface area contributed by atoms with Gasteiger partial charge < -0.3 is 0 Å². The fourth-order valence-electron chi connectivity index (χ4n) is 1.41. The molecule has 0 saturated heterocycles. The highest BCUT2D eigenvalue weighted by atomic mass is 35.5. The van der Waals surface area contributed by atoms with Crippen LogP contribution < -0.4 is 4.72 Å². The van der Waals surface area contributed by atoms with Crippen molar-refractivity contribution in [1.29, 1.82) is 0 Å². The molecule has 0 radical (unpaired) electrons. The van der Waals surface area contributed by atoms with Gasteiger partial charge in [-0.25, -0.2) is 18.4 Å². The molecule has 1 heterocycles. The van der Waals surface area contributed by atoms with Crippen molar-refractivity contribution in [3.05, 3.63) is 51.9 Å². The van der Waals surface area contributed by atoms with Gasteiger partial charge in [0.2, 0.25) is 0 Å². The molecule has 0 aliphatic heterocycles. The Morgan fingerprint density at radius 1 is 1.20 bits per heavy atom. The molecule has 0 atom stereocenters. The van der Waals surface area contributed by atoms with Crippen molar-refractivity contribution in [2.45, 2.75) is 4.90 Å². The van der Waals surface area contributed by atoms with E-state index < -0.39 is 25.5 Å². The number of anilines is 1. The third-order valence-corrected chi connectivity index (χ3v) is 3.90. The van der Waals surface area contributed by atoms with Crippen LogP contribution in [0.2, 0.25) is 5.15 Å². The van der Waals surface area contributed by atoms with Crippen molar-refractivity contribution in [1.82, 2.24) is 9.97 Å². The van der Waals surface area contributed by atoms with E-state index in [4.69, 9.17) is 11.6 Å². The van der Waals surface area contributed by atoms with Crippen molar-refractivity contribution < 1.29 is 13.3 Å². The minimum atomic E-state index is -4.19. The van der Waals surface area contributed by atoms with Crippen LogP contribution in [0.5, 0.6) is 0 Å². The first kappa shape index (κ1) is 14.2. The molecule has 1 aromatic carbocycles. The normalized spacial score (nSPS) is 11.1. The highest BCUT2D eigenvalue weighted by Crippen LogP contribution is 2.26. The van der Waals surface area contributed by atoms with Gasteiger partial charge in [-0.15, -0.1) is 0 Å². The summed E-state index contributed by atoms with van der Waals surface area (Å²) in [6.07, 6.45) is 2.52. The molecule has 1 N–H and O–H groups in total. The number of nitro groups is 1. The number of halogens is 1. The number of hydrogen-bond donors (Lipinski definition) is 1. The first-order valence-electron chi connectivity index (χ1n) is 5.14. The molecule has 0 saturated carbocycles. The van der Waals surface area contributed by atoms with Crippen molar-refractivity contribution in [3.8, 4) is 0 Å². The standard InChI is InChI=1S/C10H7ClN4O4S/c11-9-10(13-6-5-12-9)14-20(18,19)8-4-2-1-3-7(8)15(16)17/h1-6H,(H,13,14). The second kappa shape index (κ2) is 5.39. The molecule has 2 aromatic rings. The average molecular weight is 315 g/mol. The summed E-state index contributed by atoms with van der Waals surface area (Å²) in [4.78, 5) is 16.9. The molecule has 0 amide bonds. The van der Waals surface area contributed by atoms with Crippen LogP contribution in [0, 0.1) is 10.1 Å². The number of nitro benzene ring substituents is 1. The highest BCUT2D eigenvalue weighted by Gasteiger charge is 2.26. The Kier molecular flexibility index (Phi) is 3.81. The van der Waals surface area contributed by atoms with Crippen molar-refractivity contribution in [3.63, 3.8) is 0 Å². The van der Waals surface area contributed by atoms with Gasteiger partial charge in [-0.2, -0.15) is 0 Å². The fourth-order valence-corrected chi connectivity index (χ4v) is 2.80. The quantitative estimate of drug-likeness (QED) is 0.680. The van der Waals surface area contributed by atoms with E-state index in [0.29, 0.717) is 0 Å². The third-order valence-electron chi connectivity index (χ3n) is 2.24. The summed E-state index contributed by atoms with van der Waals surface area (Å²) in [5, 5.41) is 10.7. The number of aromatic nitrogens is 2. The summed E-state index contributed by atoms with van der Waals surface area (Å²) in [5.41, 5.74) is -0.542. The van der Waals surface area contributed by atoms with Gasteiger partial charge in [0.05, 0.1) is 4.92 Å². The summed E-state index contributed by atoms with van der Waals surface area (Å²) in [6.45, 7) is 0. The zero-order valence-electron chi connectivity index (χ0n) is 9.72. The summed E-state index contributed by atoms with van der Waals surface area (Å²) in [7, 11) is -4.19. The third kappa shape index (κ3) is 2.83. The van der Waals surface area contributed by atoms with Crippen molar-refractivity contribution in [2.75, 3.05) is 4.72 Å². The van der Waals surface area contributed by atoms with E-state index in [0.717, 1.165) is 12.1 Å². The van der Waals surface area contributed by atoms with Gasteiger partial charge >= 0.3 is 0 Å². The molecule has 0 spiro atoms. The number of hydrogen-bond acceptors (Lipinski definition) is 6. The number of nitrogens with zero attached hydrogens (tertiary/aromatic N) is 3. The lowest BCUT2D eigenvalue weighted by Gasteiger charge is -2.08. The van der Waals surface area contributed by atoms with Crippen LogP contribution in [0.25, 0.3) is 0 Å². The molecule has 0 bridgehead atoms. The van der Waals surface area contributed by atoms with E-state index >= 15 is 0 Å². The highest BCUT2D eigenvalue weighted by molar-refractivity contribution is 7.92. The Bertz CT molecular complexity index is 765. The minimum absolute atomic E-state index is 0.158. The van der Waals surface area contributed by atoms with E-state index in [1.54, 1.807) is 0 Å². The molecule has 2 rings (SSSR count). The number of rotatable bonds is 4. The molecule has 104 valence electrons. The van der Waals surface area contributed by atoms with Crippen LogP contribution in [0.3, 0.4) is 0 Å². The topological polar surface area (TPSA) is 115 Å². The van der Waals surface area contributed by atoms with Gasteiger partial charge in [-0.1, -0.05) is 23.7 Å². The smallest absolute Gasteiger partial charge is 0.261 e. The number of sulfonamides is 1. The lowest BCUT2D eigenvalue weighted by molar-refractivity contribution is -0.387. The van der Waals surface area contributed by atoms with Crippen LogP contribution in [-0.2, 0) is 10.0 Å². The summed E-state index contributed by atoms with van der Waals surface area (Å²) in [6, 6.07) is 4.95. The summed E-state index contributed by atoms with van der Waals surface area (Å²) in [5.74, 6) is -0.202. The Morgan fingerprint density at radius 3 is 2.50 bits per heavy atom. The van der Waals surface area contributed by atoms with E-state index in [-0.39, 0.29) is 11.0 Å². The van der Waals surface area contributed by atoms with Gasteiger partial charge in [-0.3, -0.25) is 14.8 Å². The van der Waals surface area contributed by atoms with Crippen LogP contribution >= 0.6 is 11.6 Å². The Balaban J connectivity index is 2.47. The first-order valence-corrected chi connectivity index (χ1v) is 7.00. The molecule has 0 aliphatic carbocycles. The molecule has 0 aliphatic rings. The van der Waals surface area contributed by atoms with Crippen LogP contribution in [-0.4, -0.2) is 23.3 Å². The van der Waals surface area contributed by atoms with Crippen LogP contribution in [0.15, 0.2) is 41.6 Å². The van der Waals surface area contributed by atoms with Gasteiger partial charge in [0.1, 0.15) is 0 Å². The second-order valence-electron chi connectivity index (χ2n) is 3.53. The van der Waals surface area contributed by atoms with Gasteiger partial charge in [0.25, 0.3) is 15.7 Å². The number of benzene rings is 1. The van der Waals surface area contributed by atoms with E-state index in [1.165, 1.54) is 24.5 Å². The molecule has 8 nitrogen and oxygen atoms in total. The van der Waals surface area contributed by atoms with E-state index in [2.05, 4.69) is 14.7 Å². The second-order valence-corrected chi connectivity index (χ2v) is 5.53. The molecule has 0 fully saturated rings. The Morgan fingerprint density at radius 2 is 1.85 bits per heavy atom. The lowest BCUT2D eigenvalue weighted by atomic mass is 10.3. The van der Waals surface area contributed by atoms with E-state index in [9.17, 15) is 18.5 Å². The Hall–Kier alpha value is -2.26. The number of nitrogens with one attached hydrogen (secondary N) is 1. The van der Waals surface area contributed by atoms with Crippen LogP contribution in [0.1, 0.15) is 0 Å². The monoisotopic (exact) mass is 314 g/mol. The molecule has 10 heteroatoms. The fraction of sp³-hybridized carbons (Fsp3) is 0. The zero-order valence-corrected chi connectivity index (χ0v) is 11.3. The van der Waals surface area contributed by atoms with E-state index in [1.807, 2.05) is 0 Å². The van der Waals surface area contributed by atoms with Gasteiger partial charge in [0, 0.05) is 18.5 Å². The lowest BCUT2D eigenvalue weighted by Crippen LogP contribution is -2.16. The molecule has 1 aromatic heterocycles. The number of para-hydroxylation sites is 1. The van der Waals surface area contributed by atoms with Crippen molar-refractivity contribution in [2.24, 2.45) is 0 Å². The molecular weight excluding hydrogens is 308 g/mol. The molecule has 20 heavy (non-hydrogen) atoms. The minimum Gasteiger partial charge on any atom is -0.261 e. The molecule has 0 unspecified atom stereocenters. The molecular formula is C10H7ClN4O4S. The largest absolute Gasteiger partial charge is 0.289 e. The zero-order chi connectivity index (χ0) is 14.8. The van der Waals surface area contributed by atoms with Gasteiger partial charge in [-0.05, 0) is 6.07 Å². The predicted molar refractivity (Wildman–Crippen MR) is 70.9 cm³/mol. The maximum Gasteiger partial charge on any atom is 0.289 e.